The highest BCUT2D eigenvalue weighted by molar-refractivity contribution is 6.32. The Hall–Kier alpha value is -0.770. The van der Waals surface area contributed by atoms with E-state index in [1.54, 1.807) is 6.07 Å². The largest absolute Gasteiger partial charge is 0.489 e. The Morgan fingerprint density at radius 2 is 2.38 bits per heavy atom. The van der Waals surface area contributed by atoms with Crippen molar-refractivity contribution in [3.8, 4) is 5.75 Å². The van der Waals surface area contributed by atoms with Gasteiger partial charge in [-0.2, -0.15) is 0 Å². The monoisotopic (exact) mass is 241 g/mol. The lowest BCUT2D eigenvalue weighted by molar-refractivity contribution is 0.170. The van der Waals surface area contributed by atoms with E-state index >= 15 is 0 Å². The molecule has 0 spiro atoms. The van der Waals surface area contributed by atoms with Crippen molar-refractivity contribution in [2.24, 2.45) is 5.73 Å². The molecule has 0 aliphatic carbocycles. The average Bonchev–Trinajstić information content (AvgIpc) is 2.59. The number of aliphatic hydroxyl groups excluding tert-OH is 1. The first kappa shape index (κ1) is 11.7. The predicted octanol–water partition coefficient (Wildman–Crippen LogP) is 2.05. The zero-order chi connectivity index (χ0) is 11.7. The zero-order valence-electron chi connectivity index (χ0n) is 9.24. The van der Waals surface area contributed by atoms with Gasteiger partial charge in [0.2, 0.25) is 0 Å². The van der Waals surface area contributed by atoms with E-state index in [-0.39, 0.29) is 6.10 Å². The van der Waals surface area contributed by atoms with E-state index in [9.17, 15) is 5.11 Å². The molecular weight excluding hydrogens is 226 g/mol. The van der Waals surface area contributed by atoms with Gasteiger partial charge < -0.3 is 15.6 Å². The fraction of sp³-hybridized carbons (Fsp3) is 0.500. The first-order chi connectivity index (χ1) is 7.61. The number of fused-ring (bicyclic) bond motifs is 1. The lowest BCUT2D eigenvalue weighted by Crippen LogP contribution is -2.07. The van der Waals surface area contributed by atoms with Gasteiger partial charge in [0.25, 0.3) is 0 Å². The Kier molecular flexibility index (Phi) is 3.38. The van der Waals surface area contributed by atoms with E-state index in [1.165, 1.54) is 0 Å². The summed E-state index contributed by atoms with van der Waals surface area (Å²) in [5, 5.41) is 10.4. The van der Waals surface area contributed by atoms with Crippen molar-refractivity contribution < 1.29 is 9.84 Å². The summed E-state index contributed by atoms with van der Waals surface area (Å²) in [6, 6.07) is 3.73. The third-order valence-electron chi connectivity index (χ3n) is 2.79. The molecule has 1 aromatic carbocycles. The van der Waals surface area contributed by atoms with Gasteiger partial charge in [-0.3, -0.25) is 0 Å². The van der Waals surface area contributed by atoms with Gasteiger partial charge in [0, 0.05) is 6.42 Å². The van der Waals surface area contributed by atoms with Gasteiger partial charge in [-0.15, -0.1) is 0 Å². The number of halogens is 1. The van der Waals surface area contributed by atoms with E-state index in [2.05, 4.69) is 0 Å². The molecule has 0 saturated carbocycles. The van der Waals surface area contributed by atoms with Crippen molar-refractivity contribution >= 4 is 11.6 Å². The minimum atomic E-state index is -0.538. The fourth-order valence-electron chi connectivity index (χ4n) is 2.03. The summed E-state index contributed by atoms with van der Waals surface area (Å²) in [6.45, 7) is 2.47. The second-order valence-corrected chi connectivity index (χ2v) is 4.62. The van der Waals surface area contributed by atoms with Crippen LogP contribution in [0.2, 0.25) is 5.02 Å². The standard InChI is InChI=1S/C12H16ClNO2/c1-7-4-9-5-8(11(15)2-3-14)6-10(13)12(9)16-7/h5-7,11,15H,2-4,14H2,1H3. The summed E-state index contributed by atoms with van der Waals surface area (Å²) in [4.78, 5) is 0. The summed E-state index contributed by atoms with van der Waals surface area (Å²) in [7, 11) is 0. The van der Waals surface area contributed by atoms with Crippen LogP contribution in [-0.4, -0.2) is 17.8 Å². The van der Waals surface area contributed by atoms with Gasteiger partial charge in [0.1, 0.15) is 11.9 Å². The molecule has 0 aromatic heterocycles. The summed E-state index contributed by atoms with van der Waals surface area (Å²) >= 11 is 6.12. The molecule has 1 aliphatic heterocycles. The Balaban J connectivity index is 2.31. The summed E-state index contributed by atoms with van der Waals surface area (Å²) in [5.41, 5.74) is 7.32. The quantitative estimate of drug-likeness (QED) is 0.852. The Morgan fingerprint density at radius 3 is 3.06 bits per heavy atom. The molecule has 0 bridgehead atoms. The van der Waals surface area contributed by atoms with Crippen molar-refractivity contribution in [2.45, 2.75) is 32.0 Å². The molecule has 0 radical (unpaired) electrons. The molecule has 4 heteroatoms. The second-order valence-electron chi connectivity index (χ2n) is 4.22. The third-order valence-corrected chi connectivity index (χ3v) is 3.07. The van der Waals surface area contributed by atoms with Crippen molar-refractivity contribution in [1.82, 2.24) is 0 Å². The minimum absolute atomic E-state index is 0.161. The highest BCUT2D eigenvalue weighted by Gasteiger charge is 2.23. The summed E-state index contributed by atoms with van der Waals surface area (Å²) in [5.74, 6) is 0.762. The highest BCUT2D eigenvalue weighted by atomic mass is 35.5. The lowest BCUT2D eigenvalue weighted by atomic mass is 10.0. The van der Waals surface area contributed by atoms with Gasteiger partial charge in [-0.05, 0) is 43.1 Å². The van der Waals surface area contributed by atoms with Crippen LogP contribution in [-0.2, 0) is 6.42 Å². The lowest BCUT2D eigenvalue weighted by Gasteiger charge is -2.12. The van der Waals surface area contributed by atoms with Crippen LogP contribution in [0.15, 0.2) is 12.1 Å². The minimum Gasteiger partial charge on any atom is -0.489 e. The first-order valence-electron chi connectivity index (χ1n) is 5.49. The second kappa shape index (κ2) is 4.62. The Labute approximate surface area is 100 Å². The molecule has 1 heterocycles. The number of hydrogen-bond donors (Lipinski definition) is 2. The fourth-order valence-corrected chi connectivity index (χ4v) is 2.32. The third kappa shape index (κ3) is 2.17. The highest BCUT2D eigenvalue weighted by Crippen LogP contribution is 2.38. The smallest absolute Gasteiger partial charge is 0.141 e. The average molecular weight is 242 g/mol. The van der Waals surface area contributed by atoms with Crippen molar-refractivity contribution in [3.05, 3.63) is 28.3 Å². The molecule has 0 amide bonds. The van der Waals surface area contributed by atoms with Gasteiger partial charge >= 0.3 is 0 Å². The molecule has 2 unspecified atom stereocenters. The van der Waals surface area contributed by atoms with Gasteiger partial charge in [0.15, 0.2) is 0 Å². The summed E-state index contributed by atoms with van der Waals surface area (Å²) in [6.07, 6.45) is 1.02. The van der Waals surface area contributed by atoms with Gasteiger partial charge in [-0.25, -0.2) is 0 Å². The molecule has 3 N–H and O–H groups in total. The maximum absolute atomic E-state index is 9.86. The van der Waals surface area contributed by atoms with E-state index in [0.29, 0.717) is 18.0 Å². The van der Waals surface area contributed by atoms with E-state index in [1.807, 2.05) is 13.0 Å². The number of rotatable bonds is 3. The molecule has 0 fully saturated rings. The van der Waals surface area contributed by atoms with Crippen LogP contribution < -0.4 is 10.5 Å². The van der Waals surface area contributed by atoms with Crippen LogP contribution in [0.5, 0.6) is 5.75 Å². The van der Waals surface area contributed by atoms with Gasteiger partial charge in [0.05, 0.1) is 11.1 Å². The molecule has 0 saturated heterocycles. The van der Waals surface area contributed by atoms with E-state index < -0.39 is 6.10 Å². The van der Waals surface area contributed by atoms with E-state index in [0.717, 1.165) is 23.3 Å². The first-order valence-corrected chi connectivity index (χ1v) is 5.86. The molecule has 88 valence electrons. The number of nitrogens with two attached hydrogens (primary N) is 1. The topological polar surface area (TPSA) is 55.5 Å². The van der Waals surface area contributed by atoms with Crippen LogP contribution in [0.4, 0.5) is 0 Å². The van der Waals surface area contributed by atoms with Crippen LogP contribution in [0, 0.1) is 0 Å². The molecule has 1 aromatic rings. The maximum Gasteiger partial charge on any atom is 0.141 e. The molecule has 2 atom stereocenters. The number of aliphatic hydroxyl groups is 1. The molecule has 1 aliphatic rings. The Morgan fingerprint density at radius 1 is 1.62 bits per heavy atom. The van der Waals surface area contributed by atoms with Crippen LogP contribution in [0.3, 0.4) is 0 Å². The summed E-state index contributed by atoms with van der Waals surface area (Å²) < 4.78 is 5.59. The van der Waals surface area contributed by atoms with E-state index in [4.69, 9.17) is 22.1 Å². The number of hydrogen-bond acceptors (Lipinski definition) is 3. The zero-order valence-corrected chi connectivity index (χ0v) is 10.00. The van der Waals surface area contributed by atoms with Crippen molar-refractivity contribution in [1.29, 1.82) is 0 Å². The molecule has 3 nitrogen and oxygen atoms in total. The SMILES string of the molecule is CC1Cc2cc(C(O)CCN)cc(Cl)c2O1. The van der Waals surface area contributed by atoms with Crippen LogP contribution >= 0.6 is 11.6 Å². The number of ether oxygens (including phenoxy) is 1. The van der Waals surface area contributed by atoms with Crippen molar-refractivity contribution in [2.75, 3.05) is 6.54 Å². The van der Waals surface area contributed by atoms with Crippen LogP contribution in [0.1, 0.15) is 30.6 Å². The number of benzene rings is 1. The normalized spacial score (nSPS) is 20.4. The Bertz CT molecular complexity index is 395. The van der Waals surface area contributed by atoms with Crippen LogP contribution in [0.25, 0.3) is 0 Å². The predicted molar refractivity (Wildman–Crippen MR) is 63.9 cm³/mol. The van der Waals surface area contributed by atoms with Crippen molar-refractivity contribution in [3.63, 3.8) is 0 Å². The maximum atomic E-state index is 9.86. The molecular formula is C12H16ClNO2. The van der Waals surface area contributed by atoms with Gasteiger partial charge in [-0.1, -0.05) is 11.6 Å². The molecule has 16 heavy (non-hydrogen) atoms. The molecule has 2 rings (SSSR count).